The van der Waals surface area contributed by atoms with Gasteiger partial charge >= 0.3 is 0 Å². The molecule has 0 fully saturated rings. The van der Waals surface area contributed by atoms with E-state index in [0.717, 1.165) is 5.56 Å². The van der Waals surface area contributed by atoms with Gasteiger partial charge in [-0.25, -0.2) is 8.78 Å². The maximum Gasteiger partial charge on any atom is 0.128 e. The fourth-order valence-electron chi connectivity index (χ4n) is 2.35. The second-order valence-corrected chi connectivity index (χ2v) is 5.40. The highest BCUT2D eigenvalue weighted by Crippen LogP contribution is 2.26. The molecule has 2 rings (SSSR count). The summed E-state index contributed by atoms with van der Waals surface area (Å²) in [6, 6.07) is 10.4. The van der Waals surface area contributed by atoms with Crippen molar-refractivity contribution in [2.24, 2.45) is 5.73 Å². The van der Waals surface area contributed by atoms with Crippen molar-refractivity contribution in [1.82, 2.24) is 4.90 Å². The highest BCUT2D eigenvalue weighted by molar-refractivity contribution is 6.30. The molecule has 2 N–H and O–H groups in total. The number of rotatable bonds is 5. The number of nitrogens with two attached hydrogens (primary N) is 1. The van der Waals surface area contributed by atoms with Crippen LogP contribution in [-0.4, -0.2) is 18.5 Å². The van der Waals surface area contributed by atoms with Gasteiger partial charge in [0.1, 0.15) is 11.6 Å². The molecule has 1 atom stereocenters. The van der Waals surface area contributed by atoms with Crippen LogP contribution in [0.15, 0.2) is 42.5 Å². The molecule has 0 radical (unpaired) electrons. The summed E-state index contributed by atoms with van der Waals surface area (Å²) in [7, 11) is 1.82. The quantitative estimate of drug-likeness (QED) is 0.911. The first-order chi connectivity index (χ1) is 10.0. The van der Waals surface area contributed by atoms with Gasteiger partial charge in [0.25, 0.3) is 0 Å². The number of nitrogens with zero attached hydrogens (tertiary/aromatic N) is 1. The molecule has 2 aromatic rings. The molecule has 0 spiro atoms. The lowest BCUT2D eigenvalue weighted by Gasteiger charge is -2.28. The van der Waals surface area contributed by atoms with Crippen molar-refractivity contribution in [3.8, 4) is 0 Å². The predicted octanol–water partition coefficient (Wildman–Crippen LogP) is 3.75. The van der Waals surface area contributed by atoms with E-state index in [1.165, 1.54) is 24.3 Å². The molecule has 112 valence electrons. The van der Waals surface area contributed by atoms with Crippen LogP contribution in [0.25, 0.3) is 0 Å². The summed E-state index contributed by atoms with van der Waals surface area (Å²) in [5.41, 5.74) is 7.03. The van der Waals surface area contributed by atoms with Crippen LogP contribution in [0.3, 0.4) is 0 Å². The van der Waals surface area contributed by atoms with Gasteiger partial charge in [-0.1, -0.05) is 23.7 Å². The van der Waals surface area contributed by atoms with E-state index in [1.54, 1.807) is 12.1 Å². The molecule has 0 amide bonds. The molecule has 0 saturated heterocycles. The van der Waals surface area contributed by atoms with Gasteiger partial charge in [0.15, 0.2) is 0 Å². The van der Waals surface area contributed by atoms with Gasteiger partial charge in [-0.15, -0.1) is 0 Å². The molecule has 5 heteroatoms. The van der Waals surface area contributed by atoms with E-state index in [2.05, 4.69) is 0 Å². The molecule has 0 saturated carbocycles. The number of hydrogen-bond acceptors (Lipinski definition) is 2. The van der Waals surface area contributed by atoms with Gasteiger partial charge in [0, 0.05) is 29.7 Å². The van der Waals surface area contributed by atoms with Gasteiger partial charge in [0.2, 0.25) is 0 Å². The maximum absolute atomic E-state index is 14.0. The summed E-state index contributed by atoms with van der Waals surface area (Å²) < 4.78 is 27.2. The summed E-state index contributed by atoms with van der Waals surface area (Å²) in [6.45, 7) is 0.703. The van der Waals surface area contributed by atoms with Crippen LogP contribution >= 0.6 is 11.6 Å². The molecule has 1 unspecified atom stereocenters. The number of hydrogen-bond donors (Lipinski definition) is 1. The molecule has 21 heavy (non-hydrogen) atoms. The van der Waals surface area contributed by atoms with Gasteiger partial charge in [-0.05, 0) is 42.9 Å². The van der Waals surface area contributed by atoms with Crippen LogP contribution in [0.1, 0.15) is 17.2 Å². The smallest absolute Gasteiger partial charge is 0.128 e. The van der Waals surface area contributed by atoms with Gasteiger partial charge in [-0.2, -0.15) is 0 Å². The number of benzene rings is 2. The highest BCUT2D eigenvalue weighted by Gasteiger charge is 2.19. The molecule has 2 aromatic carbocycles. The summed E-state index contributed by atoms with van der Waals surface area (Å²) in [5.74, 6) is -0.639. The Bertz CT molecular complexity index is 619. The third-order valence-corrected chi connectivity index (χ3v) is 3.63. The molecule has 0 aromatic heterocycles. The van der Waals surface area contributed by atoms with E-state index in [1.807, 2.05) is 18.0 Å². The van der Waals surface area contributed by atoms with Crippen molar-refractivity contribution in [2.45, 2.75) is 12.6 Å². The summed E-state index contributed by atoms with van der Waals surface area (Å²) in [6.07, 6.45) is 0. The lowest BCUT2D eigenvalue weighted by Crippen LogP contribution is -2.31. The Labute approximate surface area is 128 Å². The van der Waals surface area contributed by atoms with Crippen LogP contribution in [0.4, 0.5) is 8.78 Å². The van der Waals surface area contributed by atoms with Crippen molar-refractivity contribution in [3.05, 3.63) is 70.2 Å². The van der Waals surface area contributed by atoms with Crippen molar-refractivity contribution < 1.29 is 8.78 Å². The van der Waals surface area contributed by atoms with Crippen molar-refractivity contribution >= 4 is 11.6 Å². The zero-order chi connectivity index (χ0) is 15.4. The van der Waals surface area contributed by atoms with Crippen LogP contribution < -0.4 is 5.73 Å². The average molecular weight is 311 g/mol. The van der Waals surface area contributed by atoms with E-state index in [4.69, 9.17) is 17.3 Å². The van der Waals surface area contributed by atoms with Crippen LogP contribution in [0, 0.1) is 11.6 Å². The van der Waals surface area contributed by atoms with E-state index in [0.29, 0.717) is 17.1 Å². The Hall–Kier alpha value is -1.49. The first-order valence-electron chi connectivity index (χ1n) is 6.61. The predicted molar refractivity (Wildman–Crippen MR) is 81.1 cm³/mol. The lowest BCUT2D eigenvalue weighted by atomic mass is 10.0. The number of likely N-dealkylation sites (N-methyl/N-ethyl adjacent to an activating group) is 1. The summed E-state index contributed by atoms with van der Waals surface area (Å²) in [5, 5.41) is 0.462. The van der Waals surface area contributed by atoms with Gasteiger partial charge < -0.3 is 5.73 Å². The molecule has 0 aliphatic rings. The zero-order valence-corrected chi connectivity index (χ0v) is 12.4. The molecule has 0 bridgehead atoms. The minimum atomic E-state index is -0.346. The Morgan fingerprint density at radius 1 is 1.19 bits per heavy atom. The topological polar surface area (TPSA) is 29.3 Å². The average Bonchev–Trinajstić information content (AvgIpc) is 2.43. The maximum atomic E-state index is 14.0. The minimum absolute atomic E-state index is 0.239. The van der Waals surface area contributed by atoms with E-state index in [9.17, 15) is 8.78 Å². The normalized spacial score (nSPS) is 12.7. The third-order valence-electron chi connectivity index (χ3n) is 3.39. The second kappa shape index (κ2) is 6.98. The fourth-order valence-corrected chi connectivity index (χ4v) is 2.53. The first-order valence-corrected chi connectivity index (χ1v) is 6.98. The second-order valence-electron chi connectivity index (χ2n) is 4.96. The zero-order valence-electron chi connectivity index (χ0n) is 11.7. The molecule has 0 aliphatic carbocycles. The van der Waals surface area contributed by atoms with Gasteiger partial charge in [0.05, 0.1) is 0 Å². The Kier molecular flexibility index (Phi) is 5.28. The molecular formula is C16H17ClF2N2. The molecule has 0 heterocycles. The van der Waals surface area contributed by atoms with Crippen LogP contribution in [0.2, 0.25) is 5.02 Å². The van der Waals surface area contributed by atoms with E-state index >= 15 is 0 Å². The standard InChI is InChI=1S/C16H17ClF2N2/c1-21(10-11-3-2-4-13(18)7-11)16(9-20)14-8-12(17)5-6-15(14)19/h2-8,16H,9-10,20H2,1H3. The monoisotopic (exact) mass is 310 g/mol. The van der Waals surface area contributed by atoms with Crippen molar-refractivity contribution in [1.29, 1.82) is 0 Å². The Morgan fingerprint density at radius 2 is 1.95 bits per heavy atom. The minimum Gasteiger partial charge on any atom is -0.329 e. The van der Waals surface area contributed by atoms with Crippen LogP contribution in [0.5, 0.6) is 0 Å². The SMILES string of the molecule is CN(Cc1cccc(F)c1)C(CN)c1cc(Cl)ccc1F. The number of halogens is 3. The first kappa shape index (κ1) is 15.9. The van der Waals surface area contributed by atoms with Crippen LogP contribution in [-0.2, 0) is 6.54 Å². The van der Waals surface area contributed by atoms with E-state index in [-0.39, 0.29) is 24.2 Å². The third kappa shape index (κ3) is 4.00. The molecule has 2 nitrogen and oxygen atoms in total. The van der Waals surface area contributed by atoms with E-state index < -0.39 is 0 Å². The summed E-state index contributed by atoms with van der Waals surface area (Å²) >= 11 is 5.93. The Balaban J connectivity index is 2.22. The fraction of sp³-hybridized carbons (Fsp3) is 0.250. The largest absolute Gasteiger partial charge is 0.329 e. The molecular weight excluding hydrogens is 294 g/mol. The Morgan fingerprint density at radius 3 is 2.62 bits per heavy atom. The van der Waals surface area contributed by atoms with Crippen molar-refractivity contribution in [2.75, 3.05) is 13.6 Å². The summed E-state index contributed by atoms with van der Waals surface area (Å²) in [4.78, 5) is 1.88. The van der Waals surface area contributed by atoms with Gasteiger partial charge in [-0.3, -0.25) is 4.90 Å². The lowest BCUT2D eigenvalue weighted by molar-refractivity contribution is 0.236. The molecule has 0 aliphatic heterocycles. The van der Waals surface area contributed by atoms with Crippen molar-refractivity contribution in [3.63, 3.8) is 0 Å². The highest BCUT2D eigenvalue weighted by atomic mass is 35.5.